The van der Waals surface area contributed by atoms with Crippen molar-refractivity contribution in [1.29, 1.82) is 0 Å². The number of allylic oxidation sites excluding steroid dienone is 1. The second-order valence-corrected chi connectivity index (χ2v) is 12.9. The number of hydrogen-bond donors (Lipinski definition) is 2. The standard InChI is InChI=1S/C37H72O3/c1-4-6-8-10-12-17-23-29-35(31-25-19-14-16-22-28-34(3)38)36(30-24-18-13-11-9-7-5-2)32-26-20-15-21-27-33-37(39)40/h35-36,38H,3-33H2,1-2H3,(H,39,40). The van der Waals surface area contributed by atoms with Crippen LogP contribution in [0.2, 0.25) is 0 Å². The molecule has 40 heavy (non-hydrogen) atoms. The molecule has 0 saturated carbocycles. The van der Waals surface area contributed by atoms with Gasteiger partial charge in [0.2, 0.25) is 0 Å². The highest BCUT2D eigenvalue weighted by Crippen LogP contribution is 2.33. The molecule has 2 N–H and O–H groups in total. The van der Waals surface area contributed by atoms with Crippen LogP contribution in [-0.4, -0.2) is 16.2 Å². The number of hydrogen-bond acceptors (Lipinski definition) is 2. The van der Waals surface area contributed by atoms with Gasteiger partial charge in [-0.3, -0.25) is 4.79 Å². The Morgan fingerprint density at radius 2 is 0.725 bits per heavy atom. The summed E-state index contributed by atoms with van der Waals surface area (Å²) in [5, 5.41) is 18.2. The third kappa shape index (κ3) is 28.5. The molecule has 0 aromatic rings. The average molecular weight is 565 g/mol. The number of carboxylic acids is 1. The molecule has 0 aliphatic carbocycles. The molecule has 3 heteroatoms. The summed E-state index contributed by atoms with van der Waals surface area (Å²) in [6, 6.07) is 0. The zero-order chi connectivity index (χ0) is 29.5. The van der Waals surface area contributed by atoms with E-state index in [9.17, 15) is 9.90 Å². The summed E-state index contributed by atoms with van der Waals surface area (Å²) in [5.74, 6) is 1.46. The Labute approximate surface area is 251 Å². The monoisotopic (exact) mass is 565 g/mol. The van der Waals surface area contributed by atoms with Crippen molar-refractivity contribution in [3.63, 3.8) is 0 Å². The molecule has 0 aromatic carbocycles. The minimum atomic E-state index is -0.651. The Morgan fingerprint density at radius 1 is 0.450 bits per heavy atom. The summed E-state index contributed by atoms with van der Waals surface area (Å²) in [4.78, 5) is 10.8. The first-order chi connectivity index (χ1) is 19.5. The molecule has 0 aliphatic rings. The molecule has 0 aromatic heterocycles. The van der Waals surface area contributed by atoms with Crippen LogP contribution < -0.4 is 0 Å². The topological polar surface area (TPSA) is 57.5 Å². The van der Waals surface area contributed by atoms with Crippen molar-refractivity contribution in [1.82, 2.24) is 0 Å². The van der Waals surface area contributed by atoms with Crippen molar-refractivity contribution in [2.45, 2.75) is 206 Å². The number of unbranched alkanes of at least 4 members (excludes halogenated alkanes) is 20. The van der Waals surface area contributed by atoms with Crippen molar-refractivity contribution in [2.24, 2.45) is 11.8 Å². The van der Waals surface area contributed by atoms with Crippen LogP contribution in [0.3, 0.4) is 0 Å². The molecule has 0 amide bonds. The lowest BCUT2D eigenvalue weighted by molar-refractivity contribution is -0.137. The van der Waals surface area contributed by atoms with E-state index in [1.54, 1.807) is 0 Å². The summed E-state index contributed by atoms with van der Waals surface area (Å²) >= 11 is 0. The lowest BCUT2D eigenvalue weighted by atomic mass is 9.78. The van der Waals surface area contributed by atoms with Crippen molar-refractivity contribution in [3.8, 4) is 0 Å². The Hall–Kier alpha value is -0.990. The average Bonchev–Trinajstić information content (AvgIpc) is 2.92. The first kappa shape index (κ1) is 39.0. The summed E-state index contributed by atoms with van der Waals surface area (Å²) < 4.78 is 0. The minimum Gasteiger partial charge on any atom is -0.513 e. The Balaban J connectivity index is 4.78. The maximum absolute atomic E-state index is 10.8. The van der Waals surface area contributed by atoms with E-state index in [0.29, 0.717) is 12.2 Å². The Bertz CT molecular complexity index is 496. The minimum absolute atomic E-state index is 0.330. The van der Waals surface area contributed by atoms with Crippen LogP contribution in [0.4, 0.5) is 0 Å². The summed E-state index contributed by atoms with van der Waals surface area (Å²) in [6.07, 6.45) is 38.3. The zero-order valence-electron chi connectivity index (χ0n) is 27.4. The summed E-state index contributed by atoms with van der Waals surface area (Å²) in [5.41, 5.74) is 0. The zero-order valence-corrected chi connectivity index (χ0v) is 27.4. The Morgan fingerprint density at radius 3 is 1.02 bits per heavy atom. The molecular formula is C37H72O3. The van der Waals surface area contributed by atoms with Crippen LogP contribution in [0.1, 0.15) is 206 Å². The van der Waals surface area contributed by atoms with Gasteiger partial charge < -0.3 is 10.2 Å². The fraction of sp³-hybridized carbons (Fsp3) is 0.919. The number of aliphatic hydroxyl groups is 1. The van der Waals surface area contributed by atoms with Crippen LogP contribution in [0.25, 0.3) is 0 Å². The lowest BCUT2D eigenvalue weighted by Crippen LogP contribution is -2.16. The maximum Gasteiger partial charge on any atom is 0.303 e. The van der Waals surface area contributed by atoms with Crippen molar-refractivity contribution >= 4 is 5.97 Å². The van der Waals surface area contributed by atoms with Crippen LogP contribution in [0.15, 0.2) is 12.3 Å². The molecule has 0 heterocycles. The fourth-order valence-electron chi connectivity index (χ4n) is 6.44. The highest BCUT2D eigenvalue weighted by molar-refractivity contribution is 5.66. The van der Waals surface area contributed by atoms with E-state index in [0.717, 1.165) is 37.5 Å². The molecule has 3 nitrogen and oxygen atoms in total. The summed E-state index contributed by atoms with van der Waals surface area (Å²) in [7, 11) is 0. The predicted octanol–water partition coefficient (Wildman–Crippen LogP) is 13.1. The van der Waals surface area contributed by atoms with E-state index >= 15 is 0 Å². The van der Waals surface area contributed by atoms with Crippen LogP contribution >= 0.6 is 0 Å². The quantitative estimate of drug-likeness (QED) is 0.0615. The van der Waals surface area contributed by atoms with Gasteiger partial charge in [-0.25, -0.2) is 0 Å². The maximum atomic E-state index is 10.8. The van der Waals surface area contributed by atoms with Gasteiger partial charge in [-0.05, 0) is 24.7 Å². The highest BCUT2D eigenvalue weighted by Gasteiger charge is 2.20. The van der Waals surface area contributed by atoms with Crippen LogP contribution in [0, 0.1) is 11.8 Å². The third-order valence-electron chi connectivity index (χ3n) is 9.03. The molecule has 0 radical (unpaired) electrons. The molecule has 2 unspecified atom stereocenters. The SMILES string of the molecule is C=C(O)CCCCCCCC(CCCCCCCCC)C(CCCCCCCCC)CCCCCCCC(=O)O. The summed E-state index contributed by atoms with van der Waals surface area (Å²) in [6.45, 7) is 8.22. The number of aliphatic hydroxyl groups excluding tert-OH is 1. The predicted molar refractivity (Wildman–Crippen MR) is 176 cm³/mol. The molecular weight excluding hydrogens is 492 g/mol. The van der Waals surface area contributed by atoms with E-state index in [2.05, 4.69) is 20.4 Å². The molecule has 0 spiro atoms. The second-order valence-electron chi connectivity index (χ2n) is 12.9. The van der Waals surface area contributed by atoms with Gasteiger partial charge >= 0.3 is 5.97 Å². The second kappa shape index (κ2) is 31.0. The number of carbonyl (C=O) groups is 1. The molecule has 0 saturated heterocycles. The molecule has 0 bridgehead atoms. The highest BCUT2D eigenvalue weighted by atomic mass is 16.4. The van der Waals surface area contributed by atoms with Gasteiger partial charge in [-0.15, -0.1) is 0 Å². The molecule has 2 atom stereocenters. The largest absolute Gasteiger partial charge is 0.513 e. The smallest absolute Gasteiger partial charge is 0.303 e. The molecule has 238 valence electrons. The molecule has 0 fully saturated rings. The van der Waals surface area contributed by atoms with E-state index in [1.165, 1.54) is 161 Å². The van der Waals surface area contributed by atoms with Crippen LogP contribution in [0.5, 0.6) is 0 Å². The van der Waals surface area contributed by atoms with Gasteiger partial charge in [-0.2, -0.15) is 0 Å². The number of rotatable bonds is 33. The van der Waals surface area contributed by atoms with E-state index in [-0.39, 0.29) is 0 Å². The van der Waals surface area contributed by atoms with Crippen molar-refractivity contribution in [3.05, 3.63) is 12.3 Å². The van der Waals surface area contributed by atoms with E-state index < -0.39 is 5.97 Å². The van der Waals surface area contributed by atoms with E-state index in [4.69, 9.17) is 5.11 Å². The van der Waals surface area contributed by atoms with Gasteiger partial charge in [0.05, 0.1) is 5.76 Å². The van der Waals surface area contributed by atoms with Gasteiger partial charge in [0.15, 0.2) is 0 Å². The van der Waals surface area contributed by atoms with E-state index in [1.807, 2.05) is 0 Å². The molecule has 0 rings (SSSR count). The number of aliphatic carboxylic acids is 1. The number of carboxylic acid groups (broad SMARTS) is 1. The normalized spacial score (nSPS) is 12.9. The fourth-order valence-corrected chi connectivity index (χ4v) is 6.44. The third-order valence-corrected chi connectivity index (χ3v) is 9.03. The first-order valence-electron chi connectivity index (χ1n) is 18.1. The Kier molecular flexibility index (Phi) is 30.2. The van der Waals surface area contributed by atoms with Gasteiger partial charge in [0, 0.05) is 12.8 Å². The van der Waals surface area contributed by atoms with Crippen LogP contribution in [-0.2, 0) is 4.79 Å². The molecule has 0 aliphatic heterocycles. The van der Waals surface area contributed by atoms with Gasteiger partial charge in [0.25, 0.3) is 0 Å². The van der Waals surface area contributed by atoms with Crippen molar-refractivity contribution in [2.75, 3.05) is 0 Å². The van der Waals surface area contributed by atoms with Crippen molar-refractivity contribution < 1.29 is 15.0 Å². The lowest BCUT2D eigenvalue weighted by Gasteiger charge is -2.28. The first-order valence-corrected chi connectivity index (χ1v) is 18.1. The van der Waals surface area contributed by atoms with Gasteiger partial charge in [0.1, 0.15) is 0 Å². The van der Waals surface area contributed by atoms with Gasteiger partial charge in [-0.1, -0.05) is 187 Å².